The molecule has 0 N–H and O–H groups in total. The molecule has 4 rings (SSSR count). The Morgan fingerprint density at radius 1 is 0.600 bits per heavy atom. The Balaban J connectivity index is 1.53. The molecule has 0 saturated carbocycles. The molecule has 0 radical (unpaired) electrons. The highest BCUT2D eigenvalue weighted by Gasteiger charge is 2.22. The molecule has 7 nitrogen and oxygen atoms in total. The monoisotopic (exact) mass is 408 g/mol. The molecule has 0 atom stereocenters. The molecule has 2 saturated heterocycles. The summed E-state index contributed by atoms with van der Waals surface area (Å²) in [7, 11) is 0. The maximum Gasteiger partial charge on any atom is 0.254 e. The highest BCUT2D eigenvalue weighted by molar-refractivity contribution is 6.11. The quantitative estimate of drug-likeness (QED) is 0.722. The number of morpholine rings is 2. The lowest BCUT2D eigenvalue weighted by molar-refractivity contribution is 0.0301. The van der Waals surface area contributed by atoms with Gasteiger partial charge in [-0.05, 0) is 24.3 Å². The summed E-state index contributed by atoms with van der Waals surface area (Å²) in [4.78, 5) is 42.0. The SMILES string of the molecule is O=C(c1cccc(C(=O)N2CCOCC2)c1)c1cccc(C(=O)N2CCOCC2)c1. The van der Waals surface area contributed by atoms with E-state index in [1.54, 1.807) is 58.3 Å². The molecule has 2 amide bonds. The van der Waals surface area contributed by atoms with Gasteiger partial charge in [0.1, 0.15) is 0 Å². The fourth-order valence-corrected chi connectivity index (χ4v) is 3.65. The Kier molecular flexibility index (Phi) is 6.21. The fraction of sp³-hybridized carbons (Fsp3) is 0.348. The third-order valence-electron chi connectivity index (χ3n) is 5.34. The number of hydrogen-bond acceptors (Lipinski definition) is 5. The van der Waals surface area contributed by atoms with Gasteiger partial charge in [-0.25, -0.2) is 0 Å². The molecule has 0 spiro atoms. The first-order valence-corrected chi connectivity index (χ1v) is 10.1. The molecular formula is C23H24N2O5. The smallest absolute Gasteiger partial charge is 0.254 e. The van der Waals surface area contributed by atoms with E-state index in [0.717, 1.165) is 0 Å². The van der Waals surface area contributed by atoms with Gasteiger partial charge in [0.05, 0.1) is 26.4 Å². The van der Waals surface area contributed by atoms with Gasteiger partial charge in [-0.3, -0.25) is 14.4 Å². The third-order valence-corrected chi connectivity index (χ3v) is 5.34. The van der Waals surface area contributed by atoms with Gasteiger partial charge in [0.25, 0.3) is 11.8 Å². The molecule has 2 heterocycles. The van der Waals surface area contributed by atoms with Crippen molar-refractivity contribution in [3.05, 3.63) is 70.8 Å². The number of hydrogen-bond donors (Lipinski definition) is 0. The van der Waals surface area contributed by atoms with Crippen LogP contribution in [-0.4, -0.2) is 80.0 Å². The summed E-state index contributed by atoms with van der Waals surface area (Å²) in [5.41, 5.74) is 1.79. The second-order valence-electron chi connectivity index (χ2n) is 7.30. The number of ether oxygens (including phenoxy) is 2. The van der Waals surface area contributed by atoms with Crippen molar-refractivity contribution >= 4 is 17.6 Å². The molecule has 156 valence electrons. The van der Waals surface area contributed by atoms with Crippen LogP contribution in [-0.2, 0) is 9.47 Å². The van der Waals surface area contributed by atoms with Crippen LogP contribution in [0.15, 0.2) is 48.5 Å². The lowest BCUT2D eigenvalue weighted by atomic mass is 9.99. The Labute approximate surface area is 175 Å². The summed E-state index contributed by atoms with van der Waals surface area (Å²) in [5, 5.41) is 0. The van der Waals surface area contributed by atoms with Crippen molar-refractivity contribution in [2.45, 2.75) is 0 Å². The number of rotatable bonds is 4. The Bertz CT molecular complexity index is 871. The van der Waals surface area contributed by atoms with Crippen molar-refractivity contribution in [3.8, 4) is 0 Å². The van der Waals surface area contributed by atoms with Crippen molar-refractivity contribution in [2.24, 2.45) is 0 Å². The summed E-state index contributed by atoms with van der Waals surface area (Å²) in [6.07, 6.45) is 0. The lowest BCUT2D eigenvalue weighted by Crippen LogP contribution is -2.40. The van der Waals surface area contributed by atoms with Gasteiger partial charge in [-0.15, -0.1) is 0 Å². The maximum atomic E-state index is 13.1. The van der Waals surface area contributed by atoms with E-state index in [2.05, 4.69) is 0 Å². The van der Waals surface area contributed by atoms with E-state index in [9.17, 15) is 14.4 Å². The highest BCUT2D eigenvalue weighted by Crippen LogP contribution is 2.17. The summed E-state index contributed by atoms with van der Waals surface area (Å²) in [6, 6.07) is 13.5. The molecule has 0 unspecified atom stereocenters. The summed E-state index contributed by atoms with van der Waals surface area (Å²) in [5.74, 6) is -0.434. The van der Waals surface area contributed by atoms with Gasteiger partial charge in [-0.1, -0.05) is 24.3 Å². The number of ketones is 1. The van der Waals surface area contributed by atoms with Gasteiger partial charge in [0.15, 0.2) is 5.78 Å². The molecule has 2 aliphatic rings. The first kappa shape index (κ1) is 20.3. The van der Waals surface area contributed by atoms with Gasteiger partial charge >= 0.3 is 0 Å². The van der Waals surface area contributed by atoms with Crippen LogP contribution >= 0.6 is 0 Å². The fourth-order valence-electron chi connectivity index (χ4n) is 3.65. The number of benzene rings is 2. The maximum absolute atomic E-state index is 13.1. The van der Waals surface area contributed by atoms with E-state index in [4.69, 9.17) is 9.47 Å². The molecule has 30 heavy (non-hydrogen) atoms. The molecule has 2 aromatic carbocycles. The average Bonchev–Trinajstić information content (AvgIpc) is 2.84. The van der Waals surface area contributed by atoms with Crippen LogP contribution in [0.5, 0.6) is 0 Å². The van der Waals surface area contributed by atoms with Crippen LogP contribution in [0.3, 0.4) is 0 Å². The molecule has 2 fully saturated rings. The molecule has 0 bridgehead atoms. The Hall–Kier alpha value is -3.03. The number of carbonyl (C=O) groups is 3. The Morgan fingerprint density at radius 3 is 1.37 bits per heavy atom. The average molecular weight is 408 g/mol. The normalized spacial score (nSPS) is 16.9. The molecule has 7 heteroatoms. The van der Waals surface area contributed by atoms with Crippen molar-refractivity contribution in [3.63, 3.8) is 0 Å². The second kappa shape index (κ2) is 9.19. The second-order valence-corrected chi connectivity index (χ2v) is 7.30. The van der Waals surface area contributed by atoms with E-state index in [1.165, 1.54) is 0 Å². The van der Waals surface area contributed by atoms with Crippen LogP contribution in [0.1, 0.15) is 36.6 Å². The summed E-state index contributed by atoms with van der Waals surface area (Å²) >= 11 is 0. The molecule has 2 aromatic rings. The number of amides is 2. The minimum atomic E-state index is -0.219. The van der Waals surface area contributed by atoms with Crippen LogP contribution < -0.4 is 0 Å². The number of nitrogens with zero attached hydrogens (tertiary/aromatic N) is 2. The molecule has 0 aromatic heterocycles. The number of carbonyl (C=O) groups excluding carboxylic acids is 3. The van der Waals surface area contributed by atoms with Crippen molar-refractivity contribution < 1.29 is 23.9 Å². The van der Waals surface area contributed by atoms with E-state index < -0.39 is 0 Å². The zero-order valence-corrected chi connectivity index (χ0v) is 16.7. The van der Waals surface area contributed by atoms with E-state index >= 15 is 0 Å². The van der Waals surface area contributed by atoms with E-state index in [0.29, 0.717) is 74.9 Å². The highest BCUT2D eigenvalue weighted by atomic mass is 16.5. The lowest BCUT2D eigenvalue weighted by Gasteiger charge is -2.27. The topological polar surface area (TPSA) is 76.2 Å². The van der Waals surface area contributed by atoms with Gasteiger partial charge in [0.2, 0.25) is 0 Å². The van der Waals surface area contributed by atoms with Crippen LogP contribution in [0, 0.1) is 0 Å². The molecule has 2 aliphatic heterocycles. The predicted molar refractivity (Wildman–Crippen MR) is 110 cm³/mol. The van der Waals surface area contributed by atoms with Crippen LogP contribution in [0.25, 0.3) is 0 Å². The zero-order valence-electron chi connectivity index (χ0n) is 16.7. The molecule has 0 aliphatic carbocycles. The predicted octanol–water partition coefficient (Wildman–Crippen LogP) is 1.86. The zero-order chi connectivity index (χ0) is 20.9. The van der Waals surface area contributed by atoms with Gasteiger partial charge < -0.3 is 19.3 Å². The van der Waals surface area contributed by atoms with E-state index in [-0.39, 0.29) is 17.6 Å². The van der Waals surface area contributed by atoms with Crippen molar-refractivity contribution in [1.29, 1.82) is 0 Å². The summed E-state index contributed by atoms with van der Waals surface area (Å²) in [6.45, 7) is 4.27. The van der Waals surface area contributed by atoms with Crippen molar-refractivity contribution in [2.75, 3.05) is 52.6 Å². The first-order chi connectivity index (χ1) is 14.6. The minimum Gasteiger partial charge on any atom is -0.378 e. The van der Waals surface area contributed by atoms with Gasteiger partial charge in [0, 0.05) is 48.4 Å². The van der Waals surface area contributed by atoms with E-state index in [1.807, 2.05) is 0 Å². The Morgan fingerprint density at radius 2 is 0.967 bits per heavy atom. The van der Waals surface area contributed by atoms with Crippen molar-refractivity contribution in [1.82, 2.24) is 9.80 Å². The minimum absolute atomic E-state index is 0.107. The first-order valence-electron chi connectivity index (χ1n) is 10.1. The molecular weight excluding hydrogens is 384 g/mol. The summed E-state index contributed by atoms with van der Waals surface area (Å²) < 4.78 is 10.6. The van der Waals surface area contributed by atoms with Crippen LogP contribution in [0.2, 0.25) is 0 Å². The van der Waals surface area contributed by atoms with Gasteiger partial charge in [-0.2, -0.15) is 0 Å². The third kappa shape index (κ3) is 4.42. The standard InChI is InChI=1S/C23H24N2O5/c26-21(17-3-1-5-19(15-17)22(27)24-7-11-29-12-8-24)18-4-2-6-20(16-18)23(28)25-9-13-30-14-10-25/h1-6,15-16H,7-14H2. The largest absolute Gasteiger partial charge is 0.378 e. The van der Waals surface area contributed by atoms with Crippen LogP contribution in [0.4, 0.5) is 0 Å².